The van der Waals surface area contributed by atoms with Gasteiger partial charge in [0.05, 0.1) is 24.1 Å². The number of nitrogens with two attached hydrogens (primary N) is 1. The third kappa shape index (κ3) is 10.2. The van der Waals surface area contributed by atoms with E-state index in [0.29, 0.717) is 47.2 Å². The van der Waals surface area contributed by atoms with Crippen LogP contribution >= 0.6 is 21.6 Å². The van der Waals surface area contributed by atoms with Crippen LogP contribution in [0.4, 0.5) is 10.5 Å². The maximum Gasteiger partial charge on any atom is 0.426 e. The number of fused-ring (bicyclic) bond motifs is 1. The predicted octanol–water partition coefficient (Wildman–Crippen LogP) is 3.63. The van der Waals surface area contributed by atoms with Crippen LogP contribution in [0, 0.1) is 11.3 Å². The summed E-state index contributed by atoms with van der Waals surface area (Å²) in [7, 11) is 2.98. The van der Waals surface area contributed by atoms with E-state index in [0.717, 1.165) is 10.7 Å². The van der Waals surface area contributed by atoms with Gasteiger partial charge in [0.25, 0.3) is 5.91 Å². The summed E-state index contributed by atoms with van der Waals surface area (Å²) in [5.74, 6) is 0.233. The van der Waals surface area contributed by atoms with E-state index in [2.05, 4.69) is 41.4 Å². The summed E-state index contributed by atoms with van der Waals surface area (Å²) in [6.07, 6.45) is 3.12. The Labute approximate surface area is 274 Å². The highest BCUT2D eigenvalue weighted by molar-refractivity contribution is 8.76. The van der Waals surface area contributed by atoms with Gasteiger partial charge in [-0.2, -0.15) is 0 Å². The van der Waals surface area contributed by atoms with E-state index in [1.807, 2.05) is 32.0 Å². The Bertz CT molecular complexity index is 1560. The fraction of sp³-hybridized carbons (Fsp3) is 0.333. The lowest BCUT2D eigenvalue weighted by Gasteiger charge is -2.17. The van der Waals surface area contributed by atoms with Crippen LogP contribution in [-0.4, -0.2) is 63.4 Å². The van der Waals surface area contributed by atoms with Crippen molar-refractivity contribution in [3.05, 3.63) is 77.5 Å². The Morgan fingerprint density at radius 3 is 2.61 bits per heavy atom. The lowest BCUT2D eigenvalue weighted by molar-refractivity contribution is -0.122. The molecule has 3 aromatic rings. The number of nitrogens with zero attached hydrogens (tertiary/aromatic N) is 4. The molecule has 0 radical (unpaired) electrons. The minimum Gasteiger partial charge on any atom is -0.447 e. The smallest absolute Gasteiger partial charge is 0.426 e. The quantitative estimate of drug-likeness (QED) is 0.0883. The topological polar surface area (TPSA) is 209 Å². The van der Waals surface area contributed by atoms with E-state index < -0.39 is 12.0 Å². The molecule has 1 aliphatic heterocycles. The Kier molecular flexibility index (Phi) is 12.7. The zero-order valence-electron chi connectivity index (χ0n) is 25.4. The number of carbonyl (C=O) groups is 3. The highest BCUT2D eigenvalue weighted by Crippen LogP contribution is 2.29. The van der Waals surface area contributed by atoms with Gasteiger partial charge in [-0.05, 0) is 53.6 Å². The van der Waals surface area contributed by atoms with Crippen molar-refractivity contribution in [1.29, 1.82) is 5.41 Å². The molecule has 242 valence electrons. The SMILES string of the molecule is CC1C(N)=NC(=N)c2nc(CNc3ccc(C(=O)NCCCC(=O)NNC(=O)OCCSSc4ccccn4)cc3)cnc2C1C. The zero-order chi connectivity index (χ0) is 32.9. The van der Waals surface area contributed by atoms with Gasteiger partial charge < -0.3 is 21.1 Å². The number of rotatable bonds is 13. The summed E-state index contributed by atoms with van der Waals surface area (Å²) < 4.78 is 5.02. The number of ether oxygens (including phenoxy) is 1. The minimum absolute atomic E-state index is 0.00346. The van der Waals surface area contributed by atoms with Crippen molar-refractivity contribution in [3.8, 4) is 0 Å². The molecule has 2 atom stereocenters. The molecular formula is C30H36N10O4S2. The summed E-state index contributed by atoms with van der Waals surface area (Å²) in [5.41, 5.74) is 13.5. The molecule has 0 bridgehead atoms. The predicted molar refractivity (Wildman–Crippen MR) is 179 cm³/mol. The molecule has 3 amide bonds. The Morgan fingerprint density at radius 1 is 1.04 bits per heavy atom. The standard InChI is InChI=1S/C30H36N10O4S2/c1-18-19(2)27(31)38-28(32)26-25(18)36-17-22(37-26)16-35-21-10-8-20(9-11-21)29(42)34-13-5-6-23(41)39-40-30(43)44-14-15-45-46-24-7-3-4-12-33-24/h3-4,7-12,17-19,35H,5-6,13-16H2,1-2H3,(H,34,42)(H,39,41)(H,40,43)(H3,31,32,38). The summed E-state index contributed by atoms with van der Waals surface area (Å²) in [5, 5.41) is 15.2. The first-order valence-corrected chi connectivity index (χ1v) is 16.9. The van der Waals surface area contributed by atoms with Crippen LogP contribution in [0.25, 0.3) is 0 Å². The monoisotopic (exact) mass is 664 g/mol. The summed E-state index contributed by atoms with van der Waals surface area (Å²) in [6.45, 7) is 4.78. The Balaban J connectivity index is 1.10. The van der Waals surface area contributed by atoms with Crippen molar-refractivity contribution in [1.82, 2.24) is 31.1 Å². The highest BCUT2D eigenvalue weighted by atomic mass is 33.1. The first kappa shape index (κ1) is 34.2. The minimum atomic E-state index is -0.751. The molecule has 46 heavy (non-hydrogen) atoms. The number of aliphatic imine (C=N–C) groups is 1. The lowest BCUT2D eigenvalue weighted by atomic mass is 9.91. The van der Waals surface area contributed by atoms with Gasteiger partial charge in [0.2, 0.25) is 5.91 Å². The molecule has 7 N–H and O–H groups in total. The van der Waals surface area contributed by atoms with Gasteiger partial charge in [0.1, 0.15) is 23.2 Å². The number of amidine groups is 2. The second kappa shape index (κ2) is 17.1. The van der Waals surface area contributed by atoms with Gasteiger partial charge in [-0.25, -0.2) is 25.2 Å². The number of nitrogens with one attached hydrogen (secondary N) is 5. The van der Waals surface area contributed by atoms with E-state index in [9.17, 15) is 14.4 Å². The number of aromatic nitrogens is 3. The van der Waals surface area contributed by atoms with Gasteiger partial charge in [-0.1, -0.05) is 30.7 Å². The van der Waals surface area contributed by atoms with Crippen molar-refractivity contribution in [2.75, 3.05) is 24.2 Å². The molecule has 4 rings (SSSR count). The normalized spacial score (nSPS) is 15.5. The molecule has 14 nitrogen and oxygen atoms in total. The Hall–Kier alpha value is -4.70. The van der Waals surface area contributed by atoms with Crippen LogP contribution in [0.2, 0.25) is 0 Å². The number of hydrogen-bond acceptors (Lipinski definition) is 12. The van der Waals surface area contributed by atoms with Gasteiger partial charge in [0.15, 0.2) is 5.84 Å². The summed E-state index contributed by atoms with van der Waals surface area (Å²) in [4.78, 5) is 53.8. The largest absolute Gasteiger partial charge is 0.447 e. The summed E-state index contributed by atoms with van der Waals surface area (Å²) in [6, 6.07) is 12.6. The van der Waals surface area contributed by atoms with Crippen LogP contribution < -0.4 is 27.2 Å². The fourth-order valence-electron chi connectivity index (χ4n) is 4.18. The number of pyridine rings is 1. The molecule has 0 saturated carbocycles. The first-order chi connectivity index (χ1) is 22.2. The molecule has 16 heteroatoms. The molecule has 2 aromatic heterocycles. The van der Waals surface area contributed by atoms with E-state index in [-0.39, 0.29) is 43.2 Å². The maximum atomic E-state index is 12.5. The molecule has 2 unspecified atom stereocenters. The number of carbonyl (C=O) groups excluding carboxylic acids is 3. The molecule has 3 heterocycles. The number of amides is 3. The highest BCUT2D eigenvalue weighted by Gasteiger charge is 2.28. The van der Waals surface area contributed by atoms with Crippen molar-refractivity contribution in [2.45, 2.75) is 44.2 Å². The van der Waals surface area contributed by atoms with Crippen LogP contribution in [-0.2, 0) is 16.1 Å². The zero-order valence-corrected chi connectivity index (χ0v) is 27.0. The molecule has 0 fully saturated rings. The average Bonchev–Trinajstić information content (AvgIpc) is 3.15. The molecule has 1 aliphatic rings. The van der Waals surface area contributed by atoms with Crippen molar-refractivity contribution < 1.29 is 19.1 Å². The maximum absolute atomic E-state index is 12.5. The molecule has 0 spiro atoms. The molecule has 1 aromatic carbocycles. The van der Waals surface area contributed by atoms with Gasteiger partial charge in [0, 0.05) is 48.0 Å². The van der Waals surface area contributed by atoms with Crippen molar-refractivity contribution in [3.63, 3.8) is 0 Å². The van der Waals surface area contributed by atoms with Crippen molar-refractivity contribution >= 4 is 56.9 Å². The first-order valence-electron chi connectivity index (χ1n) is 14.5. The molecule has 0 aliphatic carbocycles. The number of hydrazine groups is 1. The molecule has 0 saturated heterocycles. The summed E-state index contributed by atoms with van der Waals surface area (Å²) >= 11 is 0. The van der Waals surface area contributed by atoms with Crippen LogP contribution in [0.15, 0.2) is 64.9 Å². The second-order valence-corrected chi connectivity index (χ2v) is 12.7. The van der Waals surface area contributed by atoms with E-state index >= 15 is 0 Å². The Morgan fingerprint density at radius 2 is 1.85 bits per heavy atom. The number of anilines is 1. The van der Waals surface area contributed by atoms with Crippen LogP contribution in [0.5, 0.6) is 0 Å². The third-order valence-electron chi connectivity index (χ3n) is 6.94. The van der Waals surface area contributed by atoms with Gasteiger partial charge >= 0.3 is 6.09 Å². The third-order valence-corrected chi connectivity index (χ3v) is 9.17. The second-order valence-electron chi connectivity index (χ2n) is 10.2. The average molecular weight is 665 g/mol. The molecular weight excluding hydrogens is 629 g/mol. The van der Waals surface area contributed by atoms with Crippen molar-refractivity contribution in [2.24, 2.45) is 16.6 Å². The van der Waals surface area contributed by atoms with E-state index in [1.165, 1.54) is 21.6 Å². The number of hydrogen-bond donors (Lipinski definition) is 6. The van der Waals surface area contributed by atoms with Crippen LogP contribution in [0.1, 0.15) is 60.0 Å². The van der Waals surface area contributed by atoms with Gasteiger partial charge in [-0.15, -0.1) is 0 Å². The van der Waals surface area contributed by atoms with E-state index in [1.54, 1.807) is 36.7 Å². The fourth-order valence-corrected chi connectivity index (χ4v) is 5.88. The van der Waals surface area contributed by atoms with Gasteiger partial charge in [-0.3, -0.25) is 25.4 Å². The van der Waals surface area contributed by atoms with E-state index in [4.69, 9.17) is 15.9 Å². The lowest BCUT2D eigenvalue weighted by Crippen LogP contribution is -2.42. The number of benzene rings is 1. The van der Waals surface area contributed by atoms with Crippen LogP contribution in [0.3, 0.4) is 0 Å².